The molecule has 1 saturated heterocycles. The highest BCUT2D eigenvalue weighted by Crippen LogP contribution is 2.30. The Morgan fingerprint density at radius 3 is 2.88 bits per heavy atom. The van der Waals surface area contributed by atoms with Gasteiger partial charge in [-0.15, -0.1) is 0 Å². The monoisotopic (exact) mass is 349 g/mol. The fraction of sp³-hybridized carbons (Fsp3) is 0.611. The third-order valence-corrected chi connectivity index (χ3v) is 4.25. The summed E-state index contributed by atoms with van der Waals surface area (Å²) < 4.78 is 17.3. The molecule has 0 spiro atoms. The largest absolute Gasteiger partial charge is 0.486 e. The number of hydrogen-bond donors (Lipinski definition) is 1. The van der Waals surface area contributed by atoms with Gasteiger partial charge < -0.3 is 24.4 Å². The second kappa shape index (κ2) is 8.51. The number of fused-ring (bicyclic) bond motifs is 1. The fourth-order valence-electron chi connectivity index (χ4n) is 3.09. The Bertz CT molecular complexity index is 581. The number of benzene rings is 1. The van der Waals surface area contributed by atoms with Gasteiger partial charge in [-0.1, -0.05) is 12.1 Å². The summed E-state index contributed by atoms with van der Waals surface area (Å²) in [4.78, 5) is 16.5. The quantitative estimate of drug-likeness (QED) is 0.792. The molecule has 0 aromatic heterocycles. The molecule has 2 aliphatic rings. The van der Waals surface area contributed by atoms with Crippen molar-refractivity contribution in [2.45, 2.75) is 12.2 Å². The van der Waals surface area contributed by atoms with Gasteiger partial charge in [0.25, 0.3) is 0 Å². The number of nitrogens with zero attached hydrogens (tertiary/aromatic N) is 2. The molecule has 0 radical (unpaired) electrons. The normalized spacial score (nSPS) is 23.5. The number of carbonyl (C=O) groups is 1. The van der Waals surface area contributed by atoms with E-state index in [1.807, 2.05) is 38.4 Å². The molecule has 1 aromatic rings. The maximum absolute atomic E-state index is 12.2. The molecule has 1 N–H and O–H groups in total. The lowest BCUT2D eigenvalue weighted by molar-refractivity contribution is -0.125. The summed E-state index contributed by atoms with van der Waals surface area (Å²) in [6, 6.07) is 7.58. The highest BCUT2D eigenvalue weighted by Gasteiger charge is 2.24. The summed E-state index contributed by atoms with van der Waals surface area (Å²) in [7, 11) is 4.05. The van der Waals surface area contributed by atoms with Crippen LogP contribution in [0.2, 0.25) is 0 Å². The number of likely N-dealkylation sites (N-methyl/N-ethyl adjacent to an activating group) is 1. The van der Waals surface area contributed by atoms with E-state index < -0.39 is 0 Å². The number of hydrogen-bond acceptors (Lipinski definition) is 6. The summed E-state index contributed by atoms with van der Waals surface area (Å²) in [5.74, 6) is 1.49. The molecule has 138 valence electrons. The van der Waals surface area contributed by atoms with Crippen LogP contribution in [0.4, 0.5) is 0 Å². The predicted molar refractivity (Wildman–Crippen MR) is 94.1 cm³/mol. The second-order valence-corrected chi connectivity index (χ2v) is 6.79. The van der Waals surface area contributed by atoms with Crippen LogP contribution in [0.15, 0.2) is 24.3 Å². The molecule has 25 heavy (non-hydrogen) atoms. The van der Waals surface area contributed by atoms with Crippen LogP contribution in [0.1, 0.15) is 0 Å². The summed E-state index contributed by atoms with van der Waals surface area (Å²) >= 11 is 0. The average molecular weight is 349 g/mol. The molecule has 1 amide bonds. The first-order valence-corrected chi connectivity index (χ1v) is 8.74. The first kappa shape index (κ1) is 18.0. The Labute approximate surface area is 148 Å². The van der Waals surface area contributed by atoms with E-state index in [9.17, 15) is 4.79 Å². The molecular weight excluding hydrogens is 322 g/mol. The van der Waals surface area contributed by atoms with Gasteiger partial charge in [-0.05, 0) is 26.2 Å². The lowest BCUT2D eigenvalue weighted by Gasteiger charge is -2.33. The van der Waals surface area contributed by atoms with Gasteiger partial charge in [0.2, 0.25) is 5.91 Å². The summed E-state index contributed by atoms with van der Waals surface area (Å²) in [5.41, 5.74) is 0. The SMILES string of the molecule is CN(C)C[C@H]1CN(CC(=O)NC[C@H]2COc3ccccc3O2)CCO1. The minimum atomic E-state index is -0.162. The van der Waals surface area contributed by atoms with Gasteiger partial charge in [-0.3, -0.25) is 9.69 Å². The maximum atomic E-state index is 12.2. The Kier molecular flexibility index (Phi) is 6.12. The standard InChI is InChI=1S/C18H27N3O4/c1-20(2)10-15-11-21(7-8-23-15)12-18(22)19-9-14-13-24-16-5-3-4-6-17(16)25-14/h3-6,14-15H,7-13H2,1-2H3,(H,19,22)/t14-,15-/m0/s1. The summed E-state index contributed by atoms with van der Waals surface area (Å²) in [6.45, 7) is 4.37. The molecule has 7 nitrogen and oxygen atoms in total. The van der Waals surface area contributed by atoms with Gasteiger partial charge in [0.1, 0.15) is 12.7 Å². The van der Waals surface area contributed by atoms with E-state index >= 15 is 0 Å². The van der Waals surface area contributed by atoms with Crippen molar-refractivity contribution in [1.82, 2.24) is 15.1 Å². The van der Waals surface area contributed by atoms with Gasteiger partial charge in [0.15, 0.2) is 11.5 Å². The van der Waals surface area contributed by atoms with E-state index in [0.717, 1.165) is 31.1 Å². The van der Waals surface area contributed by atoms with Gasteiger partial charge in [0, 0.05) is 19.6 Å². The average Bonchev–Trinajstić information content (AvgIpc) is 2.59. The van der Waals surface area contributed by atoms with E-state index in [4.69, 9.17) is 14.2 Å². The third-order valence-electron chi connectivity index (χ3n) is 4.25. The van der Waals surface area contributed by atoms with Crippen LogP contribution in [0.3, 0.4) is 0 Å². The van der Waals surface area contributed by atoms with Crippen LogP contribution in [-0.4, -0.2) is 87.9 Å². The number of nitrogens with one attached hydrogen (secondary N) is 1. The van der Waals surface area contributed by atoms with Gasteiger partial charge >= 0.3 is 0 Å². The van der Waals surface area contributed by atoms with Crippen molar-refractivity contribution in [3.05, 3.63) is 24.3 Å². The zero-order valence-corrected chi connectivity index (χ0v) is 14.9. The van der Waals surface area contributed by atoms with E-state index in [1.165, 1.54) is 0 Å². The highest BCUT2D eigenvalue weighted by atomic mass is 16.6. The molecule has 2 atom stereocenters. The van der Waals surface area contributed by atoms with Crippen molar-refractivity contribution < 1.29 is 19.0 Å². The molecule has 0 unspecified atom stereocenters. The number of para-hydroxylation sites is 2. The number of ether oxygens (including phenoxy) is 3. The van der Waals surface area contributed by atoms with Crippen LogP contribution >= 0.6 is 0 Å². The van der Waals surface area contributed by atoms with E-state index in [2.05, 4.69) is 15.1 Å². The first-order chi connectivity index (χ1) is 12.1. The first-order valence-electron chi connectivity index (χ1n) is 8.74. The molecule has 3 rings (SSSR count). The lowest BCUT2D eigenvalue weighted by Crippen LogP contribution is -2.50. The van der Waals surface area contributed by atoms with Crippen molar-refractivity contribution >= 4 is 5.91 Å². The number of rotatable bonds is 6. The molecule has 2 aliphatic heterocycles. The van der Waals surface area contributed by atoms with Crippen molar-refractivity contribution in [2.24, 2.45) is 0 Å². The van der Waals surface area contributed by atoms with E-state index in [-0.39, 0.29) is 18.1 Å². The van der Waals surface area contributed by atoms with Crippen molar-refractivity contribution in [3.8, 4) is 11.5 Å². The smallest absolute Gasteiger partial charge is 0.234 e. The lowest BCUT2D eigenvalue weighted by atomic mass is 10.2. The van der Waals surface area contributed by atoms with Crippen LogP contribution in [0.25, 0.3) is 0 Å². The third kappa shape index (κ3) is 5.32. The molecule has 0 saturated carbocycles. The highest BCUT2D eigenvalue weighted by molar-refractivity contribution is 5.78. The Balaban J connectivity index is 1.40. The van der Waals surface area contributed by atoms with Gasteiger partial charge in [-0.25, -0.2) is 0 Å². The van der Waals surface area contributed by atoms with E-state index in [0.29, 0.717) is 26.3 Å². The predicted octanol–water partition coefficient (Wildman–Crippen LogP) is 0.205. The van der Waals surface area contributed by atoms with Crippen LogP contribution in [0.5, 0.6) is 11.5 Å². The summed E-state index contributed by atoms with van der Waals surface area (Å²) in [6.07, 6.45) is -0.00634. The molecule has 1 fully saturated rings. The van der Waals surface area contributed by atoms with Crippen LogP contribution in [-0.2, 0) is 9.53 Å². The number of morpholine rings is 1. The molecule has 2 heterocycles. The second-order valence-electron chi connectivity index (χ2n) is 6.79. The van der Waals surface area contributed by atoms with E-state index in [1.54, 1.807) is 0 Å². The maximum Gasteiger partial charge on any atom is 0.234 e. The molecule has 1 aromatic carbocycles. The molecule has 0 bridgehead atoms. The molecule has 7 heteroatoms. The van der Waals surface area contributed by atoms with Gasteiger partial charge in [-0.2, -0.15) is 0 Å². The van der Waals surface area contributed by atoms with Crippen molar-refractivity contribution in [3.63, 3.8) is 0 Å². The fourth-order valence-corrected chi connectivity index (χ4v) is 3.09. The Morgan fingerprint density at radius 1 is 1.28 bits per heavy atom. The minimum Gasteiger partial charge on any atom is -0.486 e. The number of carbonyl (C=O) groups excluding carboxylic acids is 1. The Hall–Kier alpha value is -1.83. The van der Waals surface area contributed by atoms with Gasteiger partial charge in [0.05, 0.1) is 25.8 Å². The number of amides is 1. The molecule has 0 aliphatic carbocycles. The van der Waals surface area contributed by atoms with Crippen LogP contribution in [0, 0.1) is 0 Å². The minimum absolute atomic E-state index is 0.00737. The zero-order valence-electron chi connectivity index (χ0n) is 14.9. The summed E-state index contributed by atoms with van der Waals surface area (Å²) in [5, 5.41) is 2.95. The Morgan fingerprint density at radius 2 is 2.08 bits per heavy atom. The van der Waals surface area contributed by atoms with Crippen LogP contribution < -0.4 is 14.8 Å². The molecular formula is C18H27N3O4. The van der Waals surface area contributed by atoms with Crippen molar-refractivity contribution in [1.29, 1.82) is 0 Å². The topological polar surface area (TPSA) is 63.3 Å². The zero-order chi connectivity index (χ0) is 17.6. The van der Waals surface area contributed by atoms with Crippen molar-refractivity contribution in [2.75, 3.05) is 60.0 Å².